The Morgan fingerprint density at radius 2 is 1.84 bits per heavy atom. The molecule has 0 bridgehead atoms. The number of nitriles is 1. The molecule has 0 amide bonds. The molecule has 12 heteroatoms. The van der Waals surface area contributed by atoms with E-state index in [-0.39, 0.29) is 34.4 Å². The first-order valence-electron chi connectivity index (χ1n) is 9.29. The first-order valence-corrected chi connectivity index (χ1v) is 9.67. The zero-order valence-corrected chi connectivity index (χ0v) is 17.6. The molecule has 4 aromatic rings. The zero-order valence-electron chi connectivity index (χ0n) is 16.9. The molecule has 0 unspecified atom stereocenters. The number of rotatable bonds is 4. The fourth-order valence-corrected chi connectivity index (χ4v) is 3.47. The first-order chi connectivity index (χ1) is 15.2. The summed E-state index contributed by atoms with van der Waals surface area (Å²) in [6.07, 6.45) is 1.64. The average molecular weight is 456 g/mol. The number of nitrogen functional groups attached to an aromatic ring is 2. The van der Waals surface area contributed by atoms with Crippen LogP contribution in [0.25, 0.3) is 16.9 Å². The monoisotopic (exact) mass is 455 g/mol. The highest BCUT2D eigenvalue weighted by molar-refractivity contribution is 6.34. The molecule has 0 saturated heterocycles. The molecule has 1 aromatic carbocycles. The molecule has 3 heterocycles. The van der Waals surface area contributed by atoms with E-state index in [1.165, 1.54) is 4.52 Å². The summed E-state index contributed by atoms with van der Waals surface area (Å²) in [6, 6.07) is 4.46. The van der Waals surface area contributed by atoms with E-state index in [9.17, 15) is 14.0 Å². The number of nitrogens with one attached hydrogen (secondary N) is 1. The Kier molecular flexibility index (Phi) is 5.23. The zero-order chi connectivity index (χ0) is 23.2. The fraction of sp³-hybridized carbons (Fsp3) is 0.150. The summed E-state index contributed by atoms with van der Waals surface area (Å²) in [5.74, 6) is -1.60. The molecule has 32 heavy (non-hydrogen) atoms. The Labute approximate surface area is 185 Å². The molecule has 0 saturated carbocycles. The van der Waals surface area contributed by atoms with E-state index in [1.807, 2.05) is 6.07 Å². The summed E-state index contributed by atoms with van der Waals surface area (Å²) < 4.78 is 29.4. The maximum absolute atomic E-state index is 14.0. The quantitative estimate of drug-likeness (QED) is 0.423. The van der Waals surface area contributed by atoms with Crippen LogP contribution in [0.4, 0.5) is 26.4 Å². The largest absolute Gasteiger partial charge is 0.382 e. The highest BCUT2D eigenvalue weighted by atomic mass is 35.5. The summed E-state index contributed by atoms with van der Waals surface area (Å²) in [5, 5.41) is 17.1. The molecule has 4 rings (SSSR count). The van der Waals surface area contributed by atoms with Crippen LogP contribution in [0.3, 0.4) is 0 Å². The van der Waals surface area contributed by atoms with Crippen LogP contribution in [-0.2, 0) is 0 Å². The number of aromatic nitrogens is 5. The second kappa shape index (κ2) is 7.90. The van der Waals surface area contributed by atoms with E-state index in [2.05, 4.69) is 25.4 Å². The lowest BCUT2D eigenvalue weighted by Crippen LogP contribution is -2.15. The standard InChI is InChI=1S/C20H16ClF2N9/c1-8(27-18-13(6-24)17(25)29-20(26)30-18)14-7-32-19(15(21)9(2)31-32)28-16(14)10-3-11(22)5-12(23)4-10/h3-5,7-8H,1-2H3,(H5,25,26,27,29,30)/t8-/m0/s1. The normalized spacial score (nSPS) is 12.0. The van der Waals surface area contributed by atoms with Gasteiger partial charge in [-0.15, -0.1) is 0 Å². The molecule has 0 aliphatic carbocycles. The maximum Gasteiger partial charge on any atom is 0.224 e. The van der Waals surface area contributed by atoms with E-state index in [0.29, 0.717) is 21.9 Å². The van der Waals surface area contributed by atoms with Crippen molar-refractivity contribution in [3.8, 4) is 17.3 Å². The van der Waals surface area contributed by atoms with Gasteiger partial charge in [-0.25, -0.2) is 18.3 Å². The molecule has 3 aromatic heterocycles. The van der Waals surface area contributed by atoms with Gasteiger partial charge in [0.15, 0.2) is 11.5 Å². The predicted molar refractivity (Wildman–Crippen MR) is 116 cm³/mol. The molecule has 1 atom stereocenters. The molecule has 0 aliphatic rings. The third-order valence-electron chi connectivity index (χ3n) is 4.76. The highest BCUT2D eigenvalue weighted by Gasteiger charge is 2.21. The maximum atomic E-state index is 14.0. The Morgan fingerprint density at radius 3 is 2.50 bits per heavy atom. The van der Waals surface area contributed by atoms with E-state index in [1.54, 1.807) is 20.0 Å². The van der Waals surface area contributed by atoms with Crippen molar-refractivity contribution in [2.45, 2.75) is 19.9 Å². The molecule has 0 fully saturated rings. The first kappa shape index (κ1) is 21.2. The number of aryl methyl sites for hydroxylation is 1. The van der Waals surface area contributed by atoms with E-state index >= 15 is 0 Å². The summed E-state index contributed by atoms with van der Waals surface area (Å²) >= 11 is 6.31. The number of hydrogen-bond acceptors (Lipinski definition) is 8. The van der Waals surface area contributed by atoms with Gasteiger partial charge in [0, 0.05) is 23.4 Å². The fourth-order valence-electron chi connectivity index (χ4n) is 3.30. The Bertz CT molecular complexity index is 1390. The topological polar surface area (TPSA) is 144 Å². The molecule has 0 aliphatic heterocycles. The molecular formula is C20H16ClF2N9. The summed E-state index contributed by atoms with van der Waals surface area (Å²) in [4.78, 5) is 12.4. The second-order valence-corrected chi connectivity index (χ2v) is 7.42. The molecule has 9 nitrogen and oxygen atoms in total. The SMILES string of the molecule is Cc1nn2cc([C@H](C)Nc3nc(N)nc(N)c3C#N)c(-c3cc(F)cc(F)c3)nc2c1Cl. The Hall–Kier alpha value is -4.04. The number of hydrogen-bond donors (Lipinski definition) is 3. The number of benzene rings is 1. The van der Waals surface area contributed by atoms with Gasteiger partial charge in [0.2, 0.25) is 5.95 Å². The Balaban J connectivity index is 1.90. The van der Waals surface area contributed by atoms with Crippen molar-refractivity contribution in [3.05, 3.63) is 57.9 Å². The number of fused-ring (bicyclic) bond motifs is 1. The lowest BCUT2D eigenvalue weighted by atomic mass is 10.0. The molecule has 5 N–H and O–H groups in total. The van der Waals surface area contributed by atoms with Crippen molar-refractivity contribution in [2.24, 2.45) is 0 Å². The number of nitrogens with two attached hydrogens (primary N) is 2. The van der Waals surface area contributed by atoms with Gasteiger partial charge >= 0.3 is 0 Å². The lowest BCUT2D eigenvalue weighted by Gasteiger charge is -2.19. The average Bonchev–Trinajstić information content (AvgIpc) is 2.99. The van der Waals surface area contributed by atoms with Gasteiger partial charge in [-0.3, -0.25) is 0 Å². The lowest BCUT2D eigenvalue weighted by molar-refractivity contribution is 0.584. The summed E-state index contributed by atoms with van der Waals surface area (Å²) in [5.41, 5.74) is 13.3. The van der Waals surface area contributed by atoms with E-state index in [0.717, 1.165) is 18.2 Å². The molecule has 0 spiro atoms. The highest BCUT2D eigenvalue weighted by Crippen LogP contribution is 2.33. The van der Waals surface area contributed by atoms with Crippen molar-refractivity contribution in [3.63, 3.8) is 0 Å². The van der Waals surface area contributed by atoms with Crippen molar-refractivity contribution >= 4 is 34.8 Å². The van der Waals surface area contributed by atoms with Gasteiger partial charge < -0.3 is 16.8 Å². The van der Waals surface area contributed by atoms with Crippen molar-refractivity contribution in [1.82, 2.24) is 24.6 Å². The second-order valence-electron chi connectivity index (χ2n) is 7.04. The van der Waals surface area contributed by atoms with Crippen LogP contribution in [0, 0.1) is 29.9 Å². The van der Waals surface area contributed by atoms with Gasteiger partial charge in [-0.1, -0.05) is 11.6 Å². The van der Waals surface area contributed by atoms with Crippen LogP contribution >= 0.6 is 11.6 Å². The number of anilines is 3. The Morgan fingerprint density at radius 1 is 1.16 bits per heavy atom. The van der Waals surface area contributed by atoms with Gasteiger partial charge in [0.1, 0.15) is 34.1 Å². The van der Waals surface area contributed by atoms with Gasteiger partial charge in [0.25, 0.3) is 0 Å². The van der Waals surface area contributed by atoms with Crippen LogP contribution in [0.2, 0.25) is 5.02 Å². The van der Waals surface area contributed by atoms with Crippen LogP contribution < -0.4 is 16.8 Å². The van der Waals surface area contributed by atoms with Gasteiger partial charge in [0.05, 0.1) is 17.4 Å². The van der Waals surface area contributed by atoms with Crippen LogP contribution in [-0.4, -0.2) is 24.6 Å². The minimum atomic E-state index is -0.757. The van der Waals surface area contributed by atoms with Gasteiger partial charge in [-0.2, -0.15) is 20.3 Å². The molecule has 0 radical (unpaired) electrons. The van der Waals surface area contributed by atoms with E-state index < -0.39 is 17.7 Å². The molecule has 162 valence electrons. The van der Waals surface area contributed by atoms with Crippen LogP contribution in [0.5, 0.6) is 0 Å². The van der Waals surface area contributed by atoms with Crippen molar-refractivity contribution < 1.29 is 8.78 Å². The molecular weight excluding hydrogens is 440 g/mol. The number of halogens is 3. The number of nitrogens with zero attached hydrogens (tertiary/aromatic N) is 6. The minimum absolute atomic E-state index is 0.0106. The predicted octanol–water partition coefficient (Wildman–Crippen LogP) is 3.64. The van der Waals surface area contributed by atoms with Crippen molar-refractivity contribution in [1.29, 1.82) is 5.26 Å². The van der Waals surface area contributed by atoms with Gasteiger partial charge in [-0.05, 0) is 26.0 Å². The minimum Gasteiger partial charge on any atom is -0.382 e. The van der Waals surface area contributed by atoms with Crippen LogP contribution in [0.15, 0.2) is 24.4 Å². The van der Waals surface area contributed by atoms with E-state index in [4.69, 9.17) is 23.1 Å². The summed E-state index contributed by atoms with van der Waals surface area (Å²) in [7, 11) is 0. The van der Waals surface area contributed by atoms with Crippen molar-refractivity contribution in [2.75, 3.05) is 16.8 Å². The van der Waals surface area contributed by atoms with Crippen LogP contribution in [0.1, 0.15) is 29.8 Å². The third kappa shape index (κ3) is 3.72. The third-order valence-corrected chi connectivity index (χ3v) is 5.21. The summed E-state index contributed by atoms with van der Waals surface area (Å²) in [6.45, 7) is 3.46. The smallest absolute Gasteiger partial charge is 0.224 e.